The lowest BCUT2D eigenvalue weighted by Crippen LogP contribution is -2.22. The molecule has 1 aliphatic rings. The van der Waals surface area contributed by atoms with Crippen LogP contribution in [0.3, 0.4) is 0 Å². The normalized spacial score (nSPS) is 17.9. The first-order valence-electron chi connectivity index (χ1n) is 9.83. The van der Waals surface area contributed by atoms with Crippen LogP contribution in [-0.4, -0.2) is 26.8 Å². The van der Waals surface area contributed by atoms with Crippen LogP contribution in [0, 0.1) is 13.8 Å². The molecule has 1 aromatic carbocycles. The molecule has 0 radical (unpaired) electrons. The van der Waals surface area contributed by atoms with Crippen molar-refractivity contribution in [3.05, 3.63) is 58.6 Å². The molecule has 0 spiro atoms. The first kappa shape index (κ1) is 18.0. The fourth-order valence-electron chi connectivity index (χ4n) is 3.87. The highest BCUT2D eigenvalue weighted by atomic mass is 16.5. The number of aromatic amines is 1. The van der Waals surface area contributed by atoms with E-state index in [2.05, 4.69) is 72.2 Å². The van der Waals surface area contributed by atoms with E-state index in [1.165, 1.54) is 28.7 Å². The molecule has 5 heteroatoms. The molecule has 1 saturated heterocycles. The van der Waals surface area contributed by atoms with Gasteiger partial charge in [0.05, 0.1) is 23.6 Å². The Balaban J connectivity index is 1.57. The van der Waals surface area contributed by atoms with Gasteiger partial charge < -0.3 is 4.52 Å². The fraction of sp³-hybridized carbons (Fsp3) is 0.455. The molecule has 1 unspecified atom stereocenters. The van der Waals surface area contributed by atoms with E-state index in [4.69, 9.17) is 4.52 Å². The lowest BCUT2D eigenvalue weighted by molar-refractivity contribution is 0.206. The van der Waals surface area contributed by atoms with Crippen LogP contribution < -0.4 is 0 Å². The summed E-state index contributed by atoms with van der Waals surface area (Å²) < 4.78 is 5.69. The van der Waals surface area contributed by atoms with Gasteiger partial charge in [-0.15, -0.1) is 0 Å². The molecule has 3 heterocycles. The molecular weight excluding hydrogens is 336 g/mol. The second-order valence-corrected chi connectivity index (χ2v) is 8.01. The summed E-state index contributed by atoms with van der Waals surface area (Å²) in [5.41, 5.74) is 7.19. The molecule has 27 heavy (non-hydrogen) atoms. The highest BCUT2D eigenvalue weighted by Crippen LogP contribution is 2.35. The van der Waals surface area contributed by atoms with E-state index in [0.29, 0.717) is 12.0 Å². The number of hydrogen-bond acceptors (Lipinski definition) is 4. The van der Waals surface area contributed by atoms with Crippen LogP contribution in [0.15, 0.2) is 35.0 Å². The van der Waals surface area contributed by atoms with E-state index in [9.17, 15) is 0 Å². The Labute approximate surface area is 160 Å². The second-order valence-electron chi connectivity index (χ2n) is 8.01. The minimum Gasteiger partial charge on any atom is -0.359 e. The predicted octanol–water partition coefficient (Wildman–Crippen LogP) is 5.14. The monoisotopic (exact) mass is 364 g/mol. The van der Waals surface area contributed by atoms with Gasteiger partial charge in [0.25, 0.3) is 0 Å². The third-order valence-electron chi connectivity index (χ3n) is 5.72. The molecule has 1 fully saturated rings. The minimum atomic E-state index is 0.299. The number of rotatable bonds is 5. The average Bonchev–Trinajstić information content (AvgIpc) is 3.37. The molecule has 2 aromatic heterocycles. The summed E-state index contributed by atoms with van der Waals surface area (Å²) in [5.74, 6) is 1.38. The zero-order valence-corrected chi connectivity index (χ0v) is 16.6. The molecule has 0 bridgehead atoms. The van der Waals surface area contributed by atoms with Gasteiger partial charge in [0.1, 0.15) is 0 Å². The molecule has 1 N–H and O–H groups in total. The van der Waals surface area contributed by atoms with Crippen molar-refractivity contribution in [3.63, 3.8) is 0 Å². The quantitative estimate of drug-likeness (QED) is 0.681. The smallest absolute Gasteiger partial charge is 0.154 e. The van der Waals surface area contributed by atoms with E-state index < -0.39 is 0 Å². The van der Waals surface area contributed by atoms with Gasteiger partial charge in [-0.2, -0.15) is 5.10 Å². The summed E-state index contributed by atoms with van der Waals surface area (Å²) in [4.78, 5) is 2.49. The van der Waals surface area contributed by atoms with Crippen LogP contribution in [0.1, 0.15) is 66.8 Å². The number of H-pyrrole nitrogens is 1. The van der Waals surface area contributed by atoms with Crippen molar-refractivity contribution in [2.45, 2.75) is 59.0 Å². The van der Waals surface area contributed by atoms with Gasteiger partial charge in [0.15, 0.2) is 5.76 Å². The number of aryl methyl sites for hydroxylation is 2. The van der Waals surface area contributed by atoms with Crippen LogP contribution in [-0.2, 0) is 6.54 Å². The zero-order valence-electron chi connectivity index (χ0n) is 16.6. The van der Waals surface area contributed by atoms with E-state index in [0.717, 1.165) is 36.7 Å². The van der Waals surface area contributed by atoms with Crippen LogP contribution in [0.2, 0.25) is 0 Å². The average molecular weight is 364 g/mol. The van der Waals surface area contributed by atoms with Crippen molar-refractivity contribution in [1.29, 1.82) is 0 Å². The maximum atomic E-state index is 5.69. The third kappa shape index (κ3) is 3.56. The minimum absolute atomic E-state index is 0.299. The number of likely N-dealkylation sites (tertiary alicyclic amines) is 1. The predicted molar refractivity (Wildman–Crippen MR) is 106 cm³/mol. The Bertz CT molecular complexity index is 924. The van der Waals surface area contributed by atoms with Gasteiger partial charge in [-0.3, -0.25) is 10.00 Å². The highest BCUT2D eigenvalue weighted by Gasteiger charge is 2.30. The molecule has 1 aliphatic heterocycles. The van der Waals surface area contributed by atoms with Crippen molar-refractivity contribution in [1.82, 2.24) is 20.3 Å². The fourth-order valence-corrected chi connectivity index (χ4v) is 3.87. The van der Waals surface area contributed by atoms with Crippen LogP contribution in [0.5, 0.6) is 0 Å². The molecule has 4 rings (SSSR count). The van der Waals surface area contributed by atoms with Crippen molar-refractivity contribution >= 4 is 0 Å². The topological polar surface area (TPSA) is 58.0 Å². The molecule has 5 nitrogen and oxygen atoms in total. The largest absolute Gasteiger partial charge is 0.359 e. The number of aromatic nitrogens is 3. The lowest BCUT2D eigenvalue weighted by atomic mass is 10.0. The number of nitrogens with zero attached hydrogens (tertiary/aromatic N) is 3. The Hall–Kier alpha value is -2.40. The highest BCUT2D eigenvalue weighted by molar-refractivity contribution is 5.64. The number of nitrogens with one attached hydrogen (secondary N) is 1. The zero-order chi connectivity index (χ0) is 19.0. The van der Waals surface area contributed by atoms with Crippen molar-refractivity contribution in [2.24, 2.45) is 0 Å². The summed E-state index contributed by atoms with van der Waals surface area (Å²) in [6.45, 7) is 10.5. The summed E-state index contributed by atoms with van der Waals surface area (Å²) >= 11 is 0. The van der Waals surface area contributed by atoms with Gasteiger partial charge in [-0.25, -0.2) is 0 Å². The van der Waals surface area contributed by atoms with Crippen molar-refractivity contribution in [3.8, 4) is 11.3 Å². The van der Waals surface area contributed by atoms with Crippen LogP contribution in [0.4, 0.5) is 0 Å². The van der Waals surface area contributed by atoms with Crippen molar-refractivity contribution in [2.75, 3.05) is 6.54 Å². The van der Waals surface area contributed by atoms with Gasteiger partial charge in [0.2, 0.25) is 0 Å². The molecule has 0 amide bonds. The van der Waals surface area contributed by atoms with Crippen LogP contribution in [0.25, 0.3) is 11.3 Å². The Morgan fingerprint density at radius 3 is 2.81 bits per heavy atom. The molecule has 3 aromatic rings. The molecule has 0 aliphatic carbocycles. The van der Waals surface area contributed by atoms with Crippen molar-refractivity contribution < 1.29 is 4.52 Å². The van der Waals surface area contributed by atoms with E-state index >= 15 is 0 Å². The SMILES string of the molecule is Cc1ccc(-c2[nH]ncc2CN2CCCC2c2cc(C(C)C)no2)cc1C. The Morgan fingerprint density at radius 1 is 1.22 bits per heavy atom. The summed E-state index contributed by atoms with van der Waals surface area (Å²) in [7, 11) is 0. The van der Waals surface area contributed by atoms with Gasteiger partial charge in [-0.1, -0.05) is 31.1 Å². The maximum Gasteiger partial charge on any atom is 0.154 e. The van der Waals surface area contributed by atoms with Gasteiger partial charge in [0, 0.05) is 23.7 Å². The Kier molecular flexibility index (Phi) is 4.87. The number of benzene rings is 1. The summed E-state index contributed by atoms with van der Waals surface area (Å²) in [6, 6.07) is 9.02. The van der Waals surface area contributed by atoms with Gasteiger partial charge in [-0.05, 0) is 56.3 Å². The van der Waals surface area contributed by atoms with Gasteiger partial charge >= 0.3 is 0 Å². The summed E-state index contributed by atoms with van der Waals surface area (Å²) in [6.07, 6.45) is 4.25. The van der Waals surface area contributed by atoms with E-state index in [-0.39, 0.29) is 0 Å². The summed E-state index contributed by atoms with van der Waals surface area (Å²) in [5, 5.41) is 11.8. The first-order valence-corrected chi connectivity index (χ1v) is 9.83. The molecular formula is C22H28N4O. The molecule has 142 valence electrons. The lowest BCUT2D eigenvalue weighted by Gasteiger charge is -2.22. The number of hydrogen-bond donors (Lipinski definition) is 1. The molecule has 0 saturated carbocycles. The first-order chi connectivity index (χ1) is 13.0. The van der Waals surface area contributed by atoms with E-state index in [1.807, 2.05) is 6.20 Å². The maximum absolute atomic E-state index is 5.69. The van der Waals surface area contributed by atoms with Crippen LogP contribution >= 0.6 is 0 Å². The Morgan fingerprint density at radius 2 is 2.07 bits per heavy atom. The van der Waals surface area contributed by atoms with E-state index in [1.54, 1.807) is 0 Å². The molecule has 1 atom stereocenters. The third-order valence-corrected chi connectivity index (χ3v) is 5.72. The second kappa shape index (κ2) is 7.31. The standard InChI is InChI=1S/C22H28N4O/c1-14(2)19-11-21(27-25-19)20-6-5-9-26(20)13-18-12-23-24-22(18)17-8-7-15(3)16(4)10-17/h7-8,10-12,14,20H,5-6,9,13H2,1-4H3,(H,23,24).